The quantitative estimate of drug-likeness (QED) is 0.824. The molecule has 2 N–H and O–H groups in total. The zero-order valence-electron chi connectivity index (χ0n) is 10.8. The van der Waals surface area contributed by atoms with Crippen molar-refractivity contribution in [1.82, 2.24) is 0 Å². The summed E-state index contributed by atoms with van der Waals surface area (Å²) in [6, 6.07) is 6.75. The van der Waals surface area contributed by atoms with E-state index >= 15 is 0 Å². The molecule has 0 aliphatic heterocycles. The fourth-order valence-electron chi connectivity index (χ4n) is 1.88. The average Bonchev–Trinajstić information content (AvgIpc) is 3.20. The molecule has 0 bridgehead atoms. The highest BCUT2D eigenvalue weighted by Gasteiger charge is 2.32. The van der Waals surface area contributed by atoms with Crippen molar-refractivity contribution in [3.8, 4) is 5.75 Å². The van der Waals surface area contributed by atoms with Crippen molar-refractivity contribution in [2.45, 2.75) is 19.8 Å². The van der Waals surface area contributed by atoms with Gasteiger partial charge in [0.05, 0.1) is 0 Å². The Bertz CT molecular complexity index is 482. The third-order valence-corrected chi connectivity index (χ3v) is 3.21. The monoisotopic (exact) mass is 263 g/mol. The molecular weight excluding hydrogens is 246 g/mol. The van der Waals surface area contributed by atoms with Crippen LogP contribution in [0.1, 0.15) is 19.8 Å². The molecule has 0 spiro atoms. The Balaban J connectivity index is 1.94. The van der Waals surface area contributed by atoms with Crippen molar-refractivity contribution in [3.63, 3.8) is 0 Å². The zero-order chi connectivity index (χ0) is 13.8. The first-order valence-corrected chi connectivity index (χ1v) is 6.32. The van der Waals surface area contributed by atoms with E-state index in [9.17, 15) is 9.59 Å². The van der Waals surface area contributed by atoms with E-state index in [2.05, 4.69) is 5.32 Å². The summed E-state index contributed by atoms with van der Waals surface area (Å²) in [5.41, 5.74) is 0.625. The second-order valence-corrected chi connectivity index (χ2v) is 4.83. The molecule has 1 saturated carbocycles. The van der Waals surface area contributed by atoms with Gasteiger partial charge in [-0.2, -0.15) is 0 Å². The summed E-state index contributed by atoms with van der Waals surface area (Å²) in [5, 5.41) is 11.4. The van der Waals surface area contributed by atoms with E-state index in [1.807, 2.05) is 6.92 Å². The molecule has 1 fully saturated rings. The molecule has 0 saturated heterocycles. The summed E-state index contributed by atoms with van der Waals surface area (Å²) in [7, 11) is 0. The van der Waals surface area contributed by atoms with Gasteiger partial charge in [-0.1, -0.05) is 13.0 Å². The van der Waals surface area contributed by atoms with Gasteiger partial charge in [0, 0.05) is 17.7 Å². The Hall–Kier alpha value is -2.04. The predicted molar refractivity (Wildman–Crippen MR) is 70.1 cm³/mol. The van der Waals surface area contributed by atoms with Gasteiger partial charge in [0.15, 0.2) is 6.61 Å². The topological polar surface area (TPSA) is 75.6 Å². The van der Waals surface area contributed by atoms with Gasteiger partial charge in [-0.3, -0.25) is 4.79 Å². The number of amides is 1. The number of anilines is 1. The number of rotatable bonds is 6. The highest BCUT2D eigenvalue weighted by molar-refractivity contribution is 5.92. The Morgan fingerprint density at radius 2 is 2.21 bits per heavy atom. The van der Waals surface area contributed by atoms with Crippen molar-refractivity contribution >= 4 is 17.6 Å². The first-order valence-electron chi connectivity index (χ1n) is 6.32. The van der Waals surface area contributed by atoms with Crippen LogP contribution in [0.4, 0.5) is 5.69 Å². The Labute approximate surface area is 111 Å². The molecule has 1 aromatic rings. The molecule has 1 aliphatic carbocycles. The number of carboxylic acid groups (broad SMARTS) is 1. The number of carboxylic acids is 1. The van der Waals surface area contributed by atoms with Crippen LogP contribution >= 0.6 is 0 Å². The molecule has 1 unspecified atom stereocenters. The zero-order valence-corrected chi connectivity index (χ0v) is 10.8. The first-order chi connectivity index (χ1) is 9.06. The lowest BCUT2D eigenvalue weighted by molar-refractivity contribution is -0.139. The highest BCUT2D eigenvalue weighted by atomic mass is 16.5. The third kappa shape index (κ3) is 3.98. The van der Waals surface area contributed by atoms with E-state index in [-0.39, 0.29) is 11.8 Å². The maximum atomic E-state index is 11.9. The summed E-state index contributed by atoms with van der Waals surface area (Å²) in [6.07, 6.45) is 2.24. The normalized spacial score (nSPS) is 15.6. The Morgan fingerprint density at radius 3 is 2.84 bits per heavy atom. The molecule has 1 amide bonds. The SMILES string of the molecule is CC(C(=O)Nc1cccc(OCC(=O)O)c1)C1CC1. The summed E-state index contributed by atoms with van der Waals surface area (Å²) in [4.78, 5) is 22.3. The number of aliphatic carboxylic acids is 1. The third-order valence-electron chi connectivity index (χ3n) is 3.21. The molecule has 2 rings (SSSR count). The van der Waals surface area contributed by atoms with E-state index in [1.54, 1.807) is 24.3 Å². The Morgan fingerprint density at radius 1 is 1.47 bits per heavy atom. The predicted octanol–water partition coefficient (Wildman–Crippen LogP) is 2.13. The molecule has 1 atom stereocenters. The molecule has 1 aromatic carbocycles. The van der Waals surface area contributed by atoms with Crippen molar-refractivity contribution < 1.29 is 19.4 Å². The standard InChI is InChI=1S/C14H17NO4/c1-9(10-5-6-10)14(18)15-11-3-2-4-12(7-11)19-8-13(16)17/h2-4,7,9-10H,5-6,8H2,1H3,(H,15,18)(H,16,17). The van der Waals surface area contributed by atoms with Crippen LogP contribution in [0.3, 0.4) is 0 Å². The summed E-state index contributed by atoms with van der Waals surface area (Å²) >= 11 is 0. The van der Waals surface area contributed by atoms with Gasteiger partial charge in [0.2, 0.25) is 5.91 Å². The number of benzene rings is 1. The molecule has 5 heteroatoms. The van der Waals surface area contributed by atoms with Gasteiger partial charge in [-0.25, -0.2) is 4.79 Å². The lowest BCUT2D eigenvalue weighted by Crippen LogP contribution is -2.21. The number of carbonyl (C=O) groups is 2. The van der Waals surface area contributed by atoms with Gasteiger partial charge in [0.1, 0.15) is 5.75 Å². The molecule has 102 valence electrons. The molecule has 0 aromatic heterocycles. The lowest BCUT2D eigenvalue weighted by Gasteiger charge is -2.12. The van der Waals surface area contributed by atoms with Crippen LogP contribution < -0.4 is 10.1 Å². The summed E-state index contributed by atoms with van der Waals surface area (Å²) in [6.45, 7) is 1.54. The minimum atomic E-state index is -1.03. The maximum absolute atomic E-state index is 11.9. The van der Waals surface area contributed by atoms with Crippen LogP contribution in [0, 0.1) is 11.8 Å². The van der Waals surface area contributed by atoms with Gasteiger partial charge < -0.3 is 15.2 Å². The van der Waals surface area contributed by atoms with Gasteiger partial charge in [0.25, 0.3) is 0 Å². The number of carbonyl (C=O) groups excluding carboxylic acids is 1. The fourth-order valence-corrected chi connectivity index (χ4v) is 1.88. The van der Waals surface area contributed by atoms with E-state index in [0.717, 1.165) is 12.8 Å². The second kappa shape index (κ2) is 5.73. The van der Waals surface area contributed by atoms with E-state index in [1.165, 1.54) is 0 Å². The summed E-state index contributed by atoms with van der Waals surface area (Å²) < 4.78 is 5.06. The minimum absolute atomic E-state index is 0.00196. The van der Waals surface area contributed by atoms with Crippen LogP contribution in [0.25, 0.3) is 0 Å². The van der Waals surface area contributed by atoms with Crippen LogP contribution in [0.15, 0.2) is 24.3 Å². The van der Waals surface area contributed by atoms with E-state index in [4.69, 9.17) is 9.84 Å². The van der Waals surface area contributed by atoms with Gasteiger partial charge in [-0.05, 0) is 30.9 Å². The smallest absolute Gasteiger partial charge is 0.341 e. The van der Waals surface area contributed by atoms with Crippen LogP contribution in [0.5, 0.6) is 5.75 Å². The largest absolute Gasteiger partial charge is 0.482 e. The maximum Gasteiger partial charge on any atom is 0.341 e. The van der Waals surface area contributed by atoms with Crippen molar-refractivity contribution in [3.05, 3.63) is 24.3 Å². The number of hydrogen-bond donors (Lipinski definition) is 2. The van der Waals surface area contributed by atoms with Gasteiger partial charge >= 0.3 is 5.97 Å². The first kappa shape index (κ1) is 13.4. The lowest BCUT2D eigenvalue weighted by atomic mass is 10.1. The molecule has 1 aliphatic rings. The highest BCUT2D eigenvalue weighted by Crippen LogP contribution is 2.37. The molecular formula is C14H17NO4. The molecule has 0 radical (unpaired) electrons. The molecule has 5 nitrogen and oxygen atoms in total. The minimum Gasteiger partial charge on any atom is -0.482 e. The van der Waals surface area contributed by atoms with Crippen molar-refractivity contribution in [1.29, 1.82) is 0 Å². The van der Waals surface area contributed by atoms with Crippen molar-refractivity contribution in [2.75, 3.05) is 11.9 Å². The van der Waals surface area contributed by atoms with E-state index < -0.39 is 12.6 Å². The summed E-state index contributed by atoms with van der Waals surface area (Å²) in [5.74, 6) is -0.0796. The van der Waals surface area contributed by atoms with Gasteiger partial charge in [-0.15, -0.1) is 0 Å². The van der Waals surface area contributed by atoms with Crippen LogP contribution in [0.2, 0.25) is 0 Å². The fraction of sp³-hybridized carbons (Fsp3) is 0.429. The molecule has 19 heavy (non-hydrogen) atoms. The average molecular weight is 263 g/mol. The van der Waals surface area contributed by atoms with Crippen LogP contribution in [-0.4, -0.2) is 23.6 Å². The Kier molecular flexibility index (Phi) is 4.04. The molecule has 0 heterocycles. The van der Waals surface area contributed by atoms with E-state index in [0.29, 0.717) is 17.4 Å². The van der Waals surface area contributed by atoms with Crippen molar-refractivity contribution in [2.24, 2.45) is 11.8 Å². The number of hydrogen-bond acceptors (Lipinski definition) is 3. The number of nitrogens with one attached hydrogen (secondary N) is 1. The van der Waals surface area contributed by atoms with Crippen LogP contribution in [-0.2, 0) is 9.59 Å². The number of ether oxygens (including phenoxy) is 1. The second-order valence-electron chi connectivity index (χ2n) is 4.83.